The summed E-state index contributed by atoms with van der Waals surface area (Å²) >= 11 is 1.46. The molecular formula is C29H32N4O2S. The Kier molecular flexibility index (Phi) is 7.91. The Labute approximate surface area is 216 Å². The maximum Gasteiger partial charge on any atom is 0.257 e. The van der Waals surface area contributed by atoms with Crippen molar-refractivity contribution in [1.29, 1.82) is 0 Å². The lowest BCUT2D eigenvalue weighted by Crippen LogP contribution is -2.35. The predicted molar refractivity (Wildman–Crippen MR) is 148 cm³/mol. The quantitative estimate of drug-likeness (QED) is 0.284. The normalized spacial score (nSPS) is 14.1. The van der Waals surface area contributed by atoms with E-state index < -0.39 is 0 Å². The van der Waals surface area contributed by atoms with Crippen LogP contribution in [0.1, 0.15) is 35.2 Å². The van der Waals surface area contributed by atoms with Gasteiger partial charge in [-0.15, -0.1) is 0 Å². The Morgan fingerprint density at radius 3 is 2.53 bits per heavy atom. The van der Waals surface area contributed by atoms with Crippen molar-refractivity contribution in [1.82, 2.24) is 15.2 Å². The van der Waals surface area contributed by atoms with Crippen molar-refractivity contribution >= 4 is 32.6 Å². The van der Waals surface area contributed by atoms with Crippen molar-refractivity contribution in [3.63, 3.8) is 0 Å². The van der Waals surface area contributed by atoms with Crippen LogP contribution >= 0.6 is 11.3 Å². The van der Waals surface area contributed by atoms with Crippen molar-refractivity contribution in [3.8, 4) is 16.9 Å². The van der Waals surface area contributed by atoms with Gasteiger partial charge in [0.05, 0.1) is 11.8 Å². The number of likely N-dealkylation sites (tertiary alicyclic amines) is 1. The third kappa shape index (κ3) is 5.75. The molecule has 0 spiro atoms. The van der Waals surface area contributed by atoms with Gasteiger partial charge in [0, 0.05) is 30.8 Å². The SMILES string of the molecule is COc1ccc(-c2ccccc2)c2sc(NC(=O)c3ccc(CNCCN4CCCCC4)cc3)nc12. The molecule has 0 saturated carbocycles. The minimum Gasteiger partial charge on any atom is -0.494 e. The number of hydrogen-bond donors (Lipinski definition) is 2. The molecule has 2 heterocycles. The van der Waals surface area contributed by atoms with Gasteiger partial charge in [-0.2, -0.15) is 0 Å². The lowest BCUT2D eigenvalue weighted by Gasteiger charge is -2.26. The summed E-state index contributed by atoms with van der Waals surface area (Å²) in [5, 5.41) is 7.05. The molecule has 0 radical (unpaired) electrons. The average molecular weight is 501 g/mol. The number of ether oxygens (including phenoxy) is 1. The fourth-order valence-electron chi connectivity index (χ4n) is 4.64. The van der Waals surface area contributed by atoms with E-state index in [0.717, 1.165) is 41.0 Å². The first kappa shape index (κ1) is 24.4. The Morgan fingerprint density at radius 2 is 1.78 bits per heavy atom. The average Bonchev–Trinajstić information content (AvgIpc) is 3.35. The number of nitrogens with zero attached hydrogens (tertiary/aromatic N) is 2. The van der Waals surface area contributed by atoms with E-state index in [1.54, 1.807) is 7.11 Å². The minimum atomic E-state index is -0.168. The van der Waals surface area contributed by atoms with Crippen LogP contribution in [0.25, 0.3) is 21.3 Å². The first-order chi connectivity index (χ1) is 17.7. The van der Waals surface area contributed by atoms with Crippen LogP contribution in [0.15, 0.2) is 66.7 Å². The highest BCUT2D eigenvalue weighted by molar-refractivity contribution is 7.23. The number of carbonyl (C=O) groups excluding carboxylic acids is 1. The van der Waals surface area contributed by atoms with Gasteiger partial charge < -0.3 is 15.0 Å². The zero-order chi connectivity index (χ0) is 24.7. The largest absolute Gasteiger partial charge is 0.494 e. The summed E-state index contributed by atoms with van der Waals surface area (Å²) in [6.07, 6.45) is 4.01. The van der Waals surface area contributed by atoms with Gasteiger partial charge >= 0.3 is 0 Å². The number of methoxy groups -OCH3 is 1. The molecule has 1 aliphatic heterocycles. The topological polar surface area (TPSA) is 66.5 Å². The number of thiazole rings is 1. The van der Waals surface area contributed by atoms with Crippen LogP contribution in [-0.2, 0) is 6.54 Å². The second-order valence-electron chi connectivity index (χ2n) is 9.11. The molecule has 1 saturated heterocycles. The lowest BCUT2D eigenvalue weighted by molar-refractivity contribution is 0.102. The number of hydrogen-bond acceptors (Lipinski definition) is 6. The molecule has 1 aliphatic rings. The van der Waals surface area contributed by atoms with E-state index in [0.29, 0.717) is 16.4 Å². The number of anilines is 1. The van der Waals surface area contributed by atoms with Crippen LogP contribution in [0.4, 0.5) is 5.13 Å². The molecule has 0 bridgehead atoms. The van der Waals surface area contributed by atoms with Crippen LogP contribution < -0.4 is 15.4 Å². The Hall–Kier alpha value is -3.26. The van der Waals surface area contributed by atoms with E-state index in [-0.39, 0.29) is 5.91 Å². The monoisotopic (exact) mass is 500 g/mol. The molecule has 1 fully saturated rings. The highest BCUT2D eigenvalue weighted by Gasteiger charge is 2.16. The van der Waals surface area contributed by atoms with Gasteiger partial charge in [-0.3, -0.25) is 10.1 Å². The summed E-state index contributed by atoms with van der Waals surface area (Å²) in [6, 6.07) is 21.9. The van der Waals surface area contributed by atoms with Crippen molar-refractivity contribution in [3.05, 3.63) is 77.9 Å². The highest BCUT2D eigenvalue weighted by Crippen LogP contribution is 2.39. The summed E-state index contributed by atoms with van der Waals surface area (Å²) in [4.78, 5) is 20.2. The second-order valence-corrected chi connectivity index (χ2v) is 10.1. The predicted octanol–water partition coefficient (Wildman–Crippen LogP) is 5.80. The molecule has 2 N–H and O–H groups in total. The van der Waals surface area contributed by atoms with Gasteiger partial charge in [0.1, 0.15) is 11.3 Å². The van der Waals surface area contributed by atoms with E-state index in [1.165, 1.54) is 49.3 Å². The van der Waals surface area contributed by atoms with Crippen molar-refractivity contribution in [2.45, 2.75) is 25.8 Å². The third-order valence-corrected chi connectivity index (χ3v) is 7.63. The number of aromatic nitrogens is 1. The Bertz CT molecular complexity index is 1300. The maximum absolute atomic E-state index is 13.0. The van der Waals surface area contributed by atoms with Crippen LogP contribution in [-0.4, -0.2) is 49.1 Å². The number of piperidine rings is 1. The standard InChI is InChI=1S/C29H32N4O2S/c1-35-25-15-14-24(22-8-4-2-5-9-22)27-26(25)31-29(36-27)32-28(34)23-12-10-21(11-13-23)20-30-16-19-33-17-6-3-7-18-33/h2,4-5,8-15,30H,3,6-7,16-20H2,1H3,(H,31,32,34). The molecule has 186 valence electrons. The fourth-order valence-corrected chi connectivity index (χ4v) is 5.66. The third-order valence-electron chi connectivity index (χ3n) is 6.63. The molecular weight excluding hydrogens is 468 g/mol. The van der Waals surface area contributed by atoms with Gasteiger partial charge in [0.15, 0.2) is 5.13 Å². The summed E-state index contributed by atoms with van der Waals surface area (Å²) in [5.41, 5.74) is 4.71. The molecule has 0 unspecified atom stereocenters. The van der Waals surface area contributed by atoms with Crippen LogP contribution in [0.5, 0.6) is 5.75 Å². The first-order valence-corrected chi connectivity index (χ1v) is 13.4. The zero-order valence-electron chi connectivity index (χ0n) is 20.6. The molecule has 0 aliphatic carbocycles. The van der Waals surface area contributed by atoms with Crippen molar-refractivity contribution < 1.29 is 9.53 Å². The van der Waals surface area contributed by atoms with Gasteiger partial charge in [-0.1, -0.05) is 60.2 Å². The molecule has 3 aromatic carbocycles. The van der Waals surface area contributed by atoms with Crippen molar-refractivity contribution in [2.24, 2.45) is 0 Å². The maximum atomic E-state index is 13.0. The Balaban J connectivity index is 1.23. The second kappa shape index (κ2) is 11.6. The van der Waals surface area contributed by atoms with Gasteiger partial charge in [0.2, 0.25) is 0 Å². The van der Waals surface area contributed by atoms with Crippen molar-refractivity contribution in [2.75, 3.05) is 38.6 Å². The molecule has 1 amide bonds. The highest BCUT2D eigenvalue weighted by atomic mass is 32.1. The molecule has 7 heteroatoms. The van der Waals surface area contributed by atoms with Crippen LogP contribution in [0, 0.1) is 0 Å². The number of benzene rings is 3. The molecule has 36 heavy (non-hydrogen) atoms. The molecule has 5 rings (SSSR count). The molecule has 1 aromatic heterocycles. The Morgan fingerprint density at radius 1 is 1.00 bits per heavy atom. The van der Waals surface area contributed by atoms with E-state index in [1.807, 2.05) is 54.6 Å². The van der Waals surface area contributed by atoms with Gasteiger partial charge in [0.25, 0.3) is 5.91 Å². The fraction of sp³-hybridized carbons (Fsp3) is 0.310. The van der Waals surface area contributed by atoms with E-state index in [9.17, 15) is 4.79 Å². The number of nitrogens with one attached hydrogen (secondary N) is 2. The minimum absolute atomic E-state index is 0.168. The summed E-state index contributed by atoms with van der Waals surface area (Å²) in [7, 11) is 1.64. The smallest absolute Gasteiger partial charge is 0.257 e. The number of rotatable bonds is 9. The van der Waals surface area contributed by atoms with Gasteiger partial charge in [-0.25, -0.2) is 4.98 Å². The molecule has 4 aromatic rings. The van der Waals surface area contributed by atoms with E-state index in [4.69, 9.17) is 4.74 Å². The first-order valence-electron chi connectivity index (χ1n) is 12.6. The molecule has 6 nitrogen and oxygen atoms in total. The number of fused-ring (bicyclic) bond motifs is 1. The van der Waals surface area contributed by atoms with Crippen LogP contribution in [0.2, 0.25) is 0 Å². The summed E-state index contributed by atoms with van der Waals surface area (Å²) in [6.45, 7) is 5.32. The zero-order valence-corrected chi connectivity index (χ0v) is 21.4. The molecule has 0 atom stereocenters. The lowest BCUT2D eigenvalue weighted by atomic mass is 10.1. The number of carbonyl (C=O) groups is 1. The van der Waals surface area contributed by atoms with Crippen LogP contribution in [0.3, 0.4) is 0 Å². The van der Waals surface area contributed by atoms with E-state index >= 15 is 0 Å². The summed E-state index contributed by atoms with van der Waals surface area (Å²) < 4.78 is 6.52. The number of amides is 1. The summed E-state index contributed by atoms with van der Waals surface area (Å²) in [5.74, 6) is 0.525. The van der Waals surface area contributed by atoms with Gasteiger partial charge in [-0.05, 0) is 61.3 Å². The van der Waals surface area contributed by atoms with E-state index in [2.05, 4.69) is 32.7 Å².